The van der Waals surface area contributed by atoms with E-state index in [-0.39, 0.29) is 5.78 Å². The number of anilines is 1. The average Bonchev–Trinajstić information content (AvgIpc) is 2.55. The molecule has 0 unspecified atom stereocenters. The predicted octanol–water partition coefficient (Wildman–Crippen LogP) is 3.06. The number of carbonyl (C=O) groups excluding carboxylic acids is 1. The van der Waals surface area contributed by atoms with Crippen LogP contribution in [-0.2, 0) is 0 Å². The minimum atomic E-state index is -0.000833. The van der Waals surface area contributed by atoms with Crippen molar-refractivity contribution in [2.45, 2.75) is 27.7 Å². The molecule has 2 rings (SSSR count). The van der Waals surface area contributed by atoms with E-state index in [0.29, 0.717) is 16.9 Å². The van der Waals surface area contributed by atoms with Gasteiger partial charge in [-0.15, -0.1) is 0 Å². The van der Waals surface area contributed by atoms with E-state index in [9.17, 15) is 4.79 Å². The Morgan fingerprint density at radius 2 is 1.72 bits per heavy atom. The van der Waals surface area contributed by atoms with Crippen LogP contribution in [0.5, 0.6) is 0 Å². The molecule has 0 saturated carbocycles. The van der Waals surface area contributed by atoms with Gasteiger partial charge >= 0.3 is 0 Å². The Kier molecular flexibility index (Phi) is 2.99. The molecule has 0 fully saturated rings. The lowest BCUT2D eigenvalue weighted by Gasteiger charge is -2.04. The zero-order chi connectivity index (χ0) is 13.4. The Balaban J connectivity index is 2.51. The molecular formula is C15H18N2O. The molecule has 1 aromatic carbocycles. The van der Waals surface area contributed by atoms with E-state index in [1.807, 2.05) is 39.8 Å². The molecular weight excluding hydrogens is 224 g/mol. The largest absolute Gasteiger partial charge is 0.399 e. The van der Waals surface area contributed by atoms with E-state index >= 15 is 0 Å². The lowest BCUT2D eigenvalue weighted by molar-refractivity contribution is 0.103. The first-order chi connectivity index (χ1) is 8.40. The van der Waals surface area contributed by atoms with Gasteiger partial charge in [0, 0.05) is 16.9 Å². The molecule has 0 saturated heterocycles. The summed E-state index contributed by atoms with van der Waals surface area (Å²) in [5, 5.41) is 0. The SMILES string of the molecule is Cc1cc(N)cc(C(=O)c2[nH]c(C)c(C)c2C)c1. The Bertz CT molecular complexity index is 603. The second-order valence-electron chi connectivity index (χ2n) is 4.84. The van der Waals surface area contributed by atoms with Crippen molar-refractivity contribution in [2.24, 2.45) is 0 Å². The molecule has 0 bridgehead atoms. The van der Waals surface area contributed by atoms with Gasteiger partial charge in [-0.2, -0.15) is 0 Å². The summed E-state index contributed by atoms with van der Waals surface area (Å²) < 4.78 is 0. The summed E-state index contributed by atoms with van der Waals surface area (Å²) in [7, 11) is 0. The van der Waals surface area contributed by atoms with Crippen LogP contribution in [0, 0.1) is 27.7 Å². The fourth-order valence-electron chi connectivity index (χ4n) is 2.16. The number of aromatic amines is 1. The Morgan fingerprint density at radius 3 is 2.22 bits per heavy atom. The third-order valence-electron chi connectivity index (χ3n) is 3.40. The van der Waals surface area contributed by atoms with Crippen LogP contribution in [0.15, 0.2) is 18.2 Å². The van der Waals surface area contributed by atoms with Crippen LogP contribution in [0.25, 0.3) is 0 Å². The highest BCUT2D eigenvalue weighted by molar-refractivity contribution is 6.09. The summed E-state index contributed by atoms with van der Waals surface area (Å²) in [6.07, 6.45) is 0. The van der Waals surface area contributed by atoms with Crippen molar-refractivity contribution in [1.82, 2.24) is 4.98 Å². The number of ketones is 1. The molecule has 94 valence electrons. The number of nitrogen functional groups attached to an aromatic ring is 1. The van der Waals surface area contributed by atoms with E-state index < -0.39 is 0 Å². The van der Waals surface area contributed by atoms with E-state index in [4.69, 9.17) is 5.73 Å². The molecule has 0 aliphatic rings. The summed E-state index contributed by atoms with van der Waals surface area (Å²) in [5.41, 5.74) is 11.9. The summed E-state index contributed by atoms with van der Waals surface area (Å²) in [6, 6.07) is 5.44. The van der Waals surface area contributed by atoms with E-state index in [1.165, 1.54) is 0 Å². The molecule has 0 aliphatic heterocycles. The van der Waals surface area contributed by atoms with E-state index in [2.05, 4.69) is 4.98 Å². The molecule has 0 aliphatic carbocycles. The second-order valence-corrected chi connectivity index (χ2v) is 4.84. The summed E-state index contributed by atoms with van der Waals surface area (Å²) in [4.78, 5) is 15.6. The van der Waals surface area contributed by atoms with E-state index in [1.54, 1.807) is 6.07 Å². The number of benzene rings is 1. The predicted molar refractivity (Wildman–Crippen MR) is 74.0 cm³/mol. The minimum Gasteiger partial charge on any atom is -0.399 e. The molecule has 0 atom stereocenters. The molecule has 0 radical (unpaired) electrons. The second kappa shape index (κ2) is 4.33. The maximum atomic E-state index is 12.5. The number of nitrogens with two attached hydrogens (primary N) is 1. The summed E-state index contributed by atoms with van der Waals surface area (Å²) in [6.45, 7) is 7.89. The van der Waals surface area contributed by atoms with Crippen LogP contribution < -0.4 is 5.73 Å². The minimum absolute atomic E-state index is 0.000833. The monoisotopic (exact) mass is 242 g/mol. The average molecular weight is 242 g/mol. The van der Waals surface area contributed by atoms with Crippen LogP contribution in [0.1, 0.15) is 38.4 Å². The first-order valence-electron chi connectivity index (χ1n) is 5.97. The van der Waals surface area contributed by atoms with Gasteiger partial charge in [0.15, 0.2) is 0 Å². The summed E-state index contributed by atoms with van der Waals surface area (Å²) in [5.74, 6) is -0.000833. The molecule has 1 heterocycles. The van der Waals surface area contributed by atoms with Gasteiger partial charge in [0.05, 0.1) is 5.69 Å². The van der Waals surface area contributed by atoms with Gasteiger partial charge in [0.1, 0.15) is 0 Å². The lowest BCUT2D eigenvalue weighted by atomic mass is 10.0. The molecule has 1 aromatic heterocycles. The van der Waals surface area contributed by atoms with Crippen molar-refractivity contribution in [3.8, 4) is 0 Å². The highest BCUT2D eigenvalue weighted by Gasteiger charge is 2.17. The molecule has 2 aromatic rings. The van der Waals surface area contributed by atoms with Crippen molar-refractivity contribution < 1.29 is 4.79 Å². The zero-order valence-electron chi connectivity index (χ0n) is 11.2. The third-order valence-corrected chi connectivity index (χ3v) is 3.40. The standard InChI is InChI=1S/C15H18N2O/c1-8-5-12(7-13(16)6-8)15(18)14-10(3)9(2)11(4)17-14/h5-7,17H,16H2,1-4H3. The van der Waals surface area contributed by atoms with Gasteiger partial charge in [-0.1, -0.05) is 0 Å². The maximum absolute atomic E-state index is 12.5. The fourth-order valence-corrected chi connectivity index (χ4v) is 2.16. The van der Waals surface area contributed by atoms with Gasteiger partial charge in [-0.25, -0.2) is 0 Å². The van der Waals surface area contributed by atoms with Gasteiger partial charge in [0.2, 0.25) is 5.78 Å². The van der Waals surface area contributed by atoms with Crippen LogP contribution in [0.2, 0.25) is 0 Å². The highest BCUT2D eigenvalue weighted by Crippen LogP contribution is 2.21. The number of rotatable bonds is 2. The van der Waals surface area contributed by atoms with Gasteiger partial charge in [-0.05, 0) is 62.6 Å². The normalized spacial score (nSPS) is 10.7. The van der Waals surface area contributed by atoms with Crippen molar-refractivity contribution in [3.63, 3.8) is 0 Å². The molecule has 3 N–H and O–H groups in total. The summed E-state index contributed by atoms with van der Waals surface area (Å²) >= 11 is 0. The van der Waals surface area contributed by atoms with Crippen LogP contribution in [0.4, 0.5) is 5.69 Å². The van der Waals surface area contributed by atoms with Crippen molar-refractivity contribution >= 4 is 11.5 Å². The third kappa shape index (κ3) is 2.04. The number of H-pyrrole nitrogens is 1. The Labute approximate surface area is 107 Å². The van der Waals surface area contributed by atoms with E-state index in [0.717, 1.165) is 22.4 Å². The number of carbonyl (C=O) groups is 1. The number of hydrogen-bond donors (Lipinski definition) is 2. The van der Waals surface area contributed by atoms with Gasteiger partial charge in [-0.3, -0.25) is 4.79 Å². The first kappa shape index (κ1) is 12.4. The smallest absolute Gasteiger partial charge is 0.209 e. The Hall–Kier alpha value is -2.03. The van der Waals surface area contributed by atoms with Crippen LogP contribution >= 0.6 is 0 Å². The van der Waals surface area contributed by atoms with Crippen LogP contribution in [-0.4, -0.2) is 10.8 Å². The zero-order valence-corrected chi connectivity index (χ0v) is 11.2. The van der Waals surface area contributed by atoms with Crippen LogP contribution in [0.3, 0.4) is 0 Å². The maximum Gasteiger partial charge on any atom is 0.209 e. The molecule has 0 amide bonds. The Morgan fingerprint density at radius 1 is 1.06 bits per heavy atom. The first-order valence-corrected chi connectivity index (χ1v) is 5.97. The van der Waals surface area contributed by atoms with Gasteiger partial charge < -0.3 is 10.7 Å². The number of aryl methyl sites for hydroxylation is 2. The van der Waals surface area contributed by atoms with Crippen molar-refractivity contribution in [3.05, 3.63) is 51.8 Å². The fraction of sp³-hybridized carbons (Fsp3) is 0.267. The molecule has 18 heavy (non-hydrogen) atoms. The number of nitrogens with one attached hydrogen (secondary N) is 1. The molecule has 0 spiro atoms. The number of hydrogen-bond acceptors (Lipinski definition) is 2. The van der Waals surface area contributed by atoms with Crippen molar-refractivity contribution in [2.75, 3.05) is 5.73 Å². The number of aromatic nitrogens is 1. The highest BCUT2D eigenvalue weighted by atomic mass is 16.1. The molecule has 3 heteroatoms. The van der Waals surface area contributed by atoms with Crippen molar-refractivity contribution in [1.29, 1.82) is 0 Å². The quantitative estimate of drug-likeness (QED) is 0.628. The topological polar surface area (TPSA) is 58.9 Å². The lowest BCUT2D eigenvalue weighted by Crippen LogP contribution is -2.05. The van der Waals surface area contributed by atoms with Gasteiger partial charge in [0.25, 0.3) is 0 Å². The molecule has 3 nitrogen and oxygen atoms in total.